The predicted octanol–water partition coefficient (Wildman–Crippen LogP) is -4.14. The fourth-order valence-corrected chi connectivity index (χ4v) is 11.4. The molecule has 0 aromatic heterocycles. The van der Waals surface area contributed by atoms with Gasteiger partial charge in [0.25, 0.3) is 0 Å². The molecule has 21 N–H and O–H groups in total. The fourth-order valence-electron chi connectivity index (χ4n) is 11.4. The zero-order chi connectivity index (χ0) is 74.2. The highest BCUT2D eigenvalue weighted by molar-refractivity contribution is 6.01. The first-order chi connectivity index (χ1) is 46.8. The molecular formula is C65H106N16O18. The number of hydrogen-bond acceptors (Lipinski definition) is 19. The molecule has 0 radical (unpaired) electrons. The van der Waals surface area contributed by atoms with Crippen molar-refractivity contribution in [3.8, 4) is 0 Å². The van der Waals surface area contributed by atoms with Crippen molar-refractivity contribution in [3.63, 3.8) is 0 Å². The van der Waals surface area contributed by atoms with Crippen LogP contribution in [-0.2, 0) is 78.3 Å². The van der Waals surface area contributed by atoms with Gasteiger partial charge >= 0.3 is 11.9 Å². The largest absolute Gasteiger partial charge is 0.481 e. The van der Waals surface area contributed by atoms with E-state index in [-0.39, 0.29) is 102 Å². The first-order valence-electron chi connectivity index (χ1n) is 33.9. The molecule has 3 rings (SSSR count). The number of carboxylic acid groups (broad SMARTS) is 2. The number of nitrogens with zero attached hydrogens (tertiary/aromatic N) is 2. The van der Waals surface area contributed by atoms with Crippen LogP contribution in [0.15, 0.2) is 30.3 Å². The maximum atomic E-state index is 14.6. The molecule has 2 aliphatic heterocycles. The number of rotatable bonds is 44. The highest BCUT2D eigenvalue weighted by atomic mass is 16.4. The molecule has 0 spiro atoms. The van der Waals surface area contributed by atoms with Crippen LogP contribution in [-0.4, -0.2) is 226 Å². The molecule has 34 heteroatoms. The van der Waals surface area contributed by atoms with Gasteiger partial charge in [-0.25, -0.2) is 4.79 Å². The number of aliphatic hydroxyl groups is 1. The number of benzene rings is 1. The third-order valence-corrected chi connectivity index (χ3v) is 17.0. The molecule has 2 heterocycles. The van der Waals surface area contributed by atoms with E-state index >= 15 is 0 Å². The fraction of sp³-hybridized carbons (Fsp3) is 0.677. The molecule has 13 atom stereocenters. The Morgan fingerprint density at radius 1 is 0.515 bits per heavy atom. The number of carbonyl (C=O) groups excluding carboxylic acids is 13. The molecule has 2 aliphatic rings. The minimum atomic E-state index is -1.92. The zero-order valence-electron chi connectivity index (χ0n) is 57.8. The predicted molar refractivity (Wildman–Crippen MR) is 359 cm³/mol. The lowest BCUT2D eigenvalue weighted by Crippen LogP contribution is -2.62. The second-order valence-corrected chi connectivity index (χ2v) is 26.0. The SMILES string of the molecule is CC[C@H](C)[C@H](NC(=O)[C@H](CO)NC(=O)[C@H](CC(N)=O)NC(=O)[C@H](CCCCN)NC(=O)[C@@H]1CCCN1C(=O)[C@@H]1CCCN1C(=O)[C@H](CC(C)C)NC(=O)[C@H](CC(C)C)NC(=O)CN)C(=O)N[C@@H](CC(=O)O)C(=O)N[C@@H](C)C(=O)N[C@@H](Cc1ccccc1)C(=O)N[C@@H](CCCCN)C(=O)O. The van der Waals surface area contributed by atoms with Gasteiger partial charge in [-0.15, -0.1) is 0 Å². The average Bonchev–Trinajstić information content (AvgIpc) is 1.68. The van der Waals surface area contributed by atoms with Crippen molar-refractivity contribution < 1.29 is 87.2 Å². The van der Waals surface area contributed by atoms with Gasteiger partial charge in [0, 0.05) is 19.5 Å². The Hall–Kier alpha value is -8.89. The summed E-state index contributed by atoms with van der Waals surface area (Å²) in [5, 5.41) is 54.8. The third-order valence-electron chi connectivity index (χ3n) is 17.0. The number of hydrogen-bond donors (Lipinski definition) is 17. The first kappa shape index (κ1) is 84.3. The molecule has 0 bridgehead atoms. The number of carbonyl (C=O) groups is 15. The van der Waals surface area contributed by atoms with Gasteiger partial charge in [-0.2, -0.15) is 0 Å². The molecule has 1 aromatic rings. The average molecular weight is 1400 g/mol. The van der Waals surface area contributed by atoms with Crippen molar-refractivity contribution in [3.05, 3.63) is 35.9 Å². The Kier molecular flexibility index (Phi) is 36.5. The van der Waals surface area contributed by atoms with Gasteiger partial charge in [-0.1, -0.05) is 78.3 Å². The highest BCUT2D eigenvalue weighted by Gasteiger charge is 2.45. The van der Waals surface area contributed by atoms with Crippen LogP contribution in [0.2, 0.25) is 0 Å². The minimum absolute atomic E-state index is 0.0193. The zero-order valence-corrected chi connectivity index (χ0v) is 57.8. The smallest absolute Gasteiger partial charge is 0.326 e. The van der Waals surface area contributed by atoms with Crippen molar-refractivity contribution >= 4 is 88.7 Å². The van der Waals surface area contributed by atoms with E-state index in [9.17, 15) is 87.2 Å². The maximum Gasteiger partial charge on any atom is 0.326 e. The Balaban J connectivity index is 1.80. The molecule has 0 unspecified atom stereocenters. The van der Waals surface area contributed by atoms with Crippen molar-refractivity contribution in [2.75, 3.05) is 39.3 Å². The molecule has 554 valence electrons. The summed E-state index contributed by atoms with van der Waals surface area (Å²) in [7, 11) is 0. The van der Waals surface area contributed by atoms with E-state index in [4.69, 9.17) is 22.9 Å². The number of nitrogens with one attached hydrogen (secondary N) is 10. The Morgan fingerprint density at radius 3 is 1.56 bits per heavy atom. The van der Waals surface area contributed by atoms with Gasteiger partial charge in [-0.3, -0.25) is 67.1 Å². The van der Waals surface area contributed by atoms with E-state index in [0.29, 0.717) is 37.7 Å². The molecule has 0 saturated carbocycles. The lowest BCUT2D eigenvalue weighted by atomic mass is 9.97. The summed E-state index contributed by atoms with van der Waals surface area (Å²) in [5.41, 5.74) is 22.9. The number of likely N-dealkylation sites (tertiary alicyclic amines) is 2. The molecule has 13 amide bonds. The number of nitrogens with two attached hydrogens (primary N) is 4. The van der Waals surface area contributed by atoms with Crippen LogP contribution in [0, 0.1) is 17.8 Å². The topological polar surface area (TPSA) is 548 Å². The summed E-state index contributed by atoms with van der Waals surface area (Å²) >= 11 is 0. The van der Waals surface area contributed by atoms with Gasteiger partial charge in [-0.05, 0) is 120 Å². The first-order valence-corrected chi connectivity index (χ1v) is 33.9. The van der Waals surface area contributed by atoms with Gasteiger partial charge in [0.2, 0.25) is 76.8 Å². The second kappa shape index (κ2) is 42.8. The summed E-state index contributed by atoms with van der Waals surface area (Å²) in [6, 6.07) is -8.81. The minimum Gasteiger partial charge on any atom is -0.481 e. The van der Waals surface area contributed by atoms with E-state index in [1.807, 2.05) is 27.7 Å². The highest BCUT2D eigenvalue weighted by Crippen LogP contribution is 2.27. The van der Waals surface area contributed by atoms with Crippen LogP contribution in [0.25, 0.3) is 0 Å². The second-order valence-electron chi connectivity index (χ2n) is 26.0. The lowest BCUT2D eigenvalue weighted by molar-refractivity contribution is -0.148. The van der Waals surface area contributed by atoms with Crippen LogP contribution in [0.5, 0.6) is 0 Å². The molecule has 2 fully saturated rings. The van der Waals surface area contributed by atoms with Crippen molar-refractivity contribution in [2.45, 2.75) is 224 Å². The summed E-state index contributed by atoms with van der Waals surface area (Å²) in [6.07, 6.45) is 1.18. The Morgan fingerprint density at radius 2 is 1.00 bits per heavy atom. The molecule has 99 heavy (non-hydrogen) atoms. The molecule has 0 aliphatic carbocycles. The summed E-state index contributed by atoms with van der Waals surface area (Å²) in [6.45, 7) is 11.0. The van der Waals surface area contributed by atoms with E-state index < -0.39 is 187 Å². The summed E-state index contributed by atoms with van der Waals surface area (Å²) in [4.78, 5) is 206. The Bertz CT molecular complexity index is 2940. The number of amides is 13. The molecule has 1 aromatic carbocycles. The standard InChI is InChI=1S/C65H106N16O18/c1-8-37(6)53(62(95)76-45(32-52(85)86)56(89)70-38(7)54(87)74-43(30-39-18-10-9-11-19-39)58(91)73-41(65(98)99)21-13-15-25-67)79-60(93)47(34-82)78-59(92)44(31-50(69)83)75-55(88)40(20-12-14-24-66)72-61(94)48-22-16-26-80(48)64(97)49-23-17-27-81(49)63(96)46(29-36(4)5)77-57(90)42(28-35(2)3)71-51(84)33-68/h9-11,18-19,35-38,40-49,53,82H,8,12-17,20-34,66-68H2,1-7H3,(H2,69,83)(H,70,89)(H,71,84)(H,72,94)(H,73,91)(H,74,87)(H,75,88)(H,76,95)(H,77,90)(H,78,92)(H,79,93)(H,85,86)(H,98,99)/t37-,38-,40-,41-,42-,43-,44-,45-,46-,47-,48-,49-,53-/m0/s1. The summed E-state index contributed by atoms with van der Waals surface area (Å²) in [5.74, 6) is -15.5. The van der Waals surface area contributed by atoms with Crippen molar-refractivity contribution in [1.29, 1.82) is 0 Å². The lowest BCUT2D eigenvalue weighted by Gasteiger charge is -2.34. The normalized spacial score (nSPS) is 17.7. The molecule has 2 saturated heterocycles. The van der Waals surface area contributed by atoms with Gasteiger partial charge < -0.3 is 101 Å². The van der Waals surface area contributed by atoms with Gasteiger partial charge in [0.05, 0.1) is 26.0 Å². The van der Waals surface area contributed by atoms with Crippen LogP contribution in [0.4, 0.5) is 0 Å². The van der Waals surface area contributed by atoms with Crippen LogP contribution in [0.1, 0.15) is 150 Å². The van der Waals surface area contributed by atoms with E-state index in [2.05, 4.69) is 53.2 Å². The van der Waals surface area contributed by atoms with E-state index in [0.717, 1.165) is 0 Å². The number of carboxylic acids is 2. The Labute approximate surface area is 576 Å². The molecule has 34 nitrogen and oxygen atoms in total. The third kappa shape index (κ3) is 28.1. The monoisotopic (exact) mass is 1400 g/mol. The number of unbranched alkanes of at least 4 members (excludes halogenated alkanes) is 2. The van der Waals surface area contributed by atoms with Crippen LogP contribution in [0.3, 0.4) is 0 Å². The van der Waals surface area contributed by atoms with Crippen LogP contribution < -0.4 is 76.1 Å². The number of primary amides is 1. The molecular weight excluding hydrogens is 1290 g/mol. The number of aliphatic carboxylic acids is 2. The van der Waals surface area contributed by atoms with E-state index in [1.54, 1.807) is 37.3 Å². The van der Waals surface area contributed by atoms with Crippen molar-refractivity contribution in [2.24, 2.45) is 40.7 Å². The van der Waals surface area contributed by atoms with Gasteiger partial charge in [0.1, 0.15) is 72.5 Å². The van der Waals surface area contributed by atoms with Crippen molar-refractivity contribution in [1.82, 2.24) is 63.0 Å². The quantitative estimate of drug-likeness (QED) is 0.0276. The number of aliphatic hydroxyl groups excluding tert-OH is 1. The van der Waals surface area contributed by atoms with Crippen LogP contribution >= 0.6 is 0 Å². The van der Waals surface area contributed by atoms with Gasteiger partial charge in [0.15, 0.2) is 0 Å². The summed E-state index contributed by atoms with van der Waals surface area (Å²) < 4.78 is 0. The van der Waals surface area contributed by atoms with E-state index in [1.165, 1.54) is 23.6 Å². The maximum absolute atomic E-state index is 14.6.